The fraction of sp³-hybridized carbons (Fsp3) is 0.0800. The summed E-state index contributed by atoms with van der Waals surface area (Å²) in [6.07, 6.45) is 4.85. The molecule has 160 valence electrons. The van der Waals surface area contributed by atoms with E-state index in [4.69, 9.17) is 4.42 Å². The first kappa shape index (κ1) is 20.9. The van der Waals surface area contributed by atoms with Crippen LogP contribution in [0.5, 0.6) is 0 Å². The SMILES string of the molecule is C=CCN(CC(=O)Nc1nc(-c2ccccc2)cn1-c1ccccc1)C(=O)c1ccco1. The first-order valence-corrected chi connectivity index (χ1v) is 10.1. The molecular weight excluding hydrogens is 404 g/mol. The van der Waals surface area contributed by atoms with Crippen LogP contribution >= 0.6 is 0 Å². The summed E-state index contributed by atoms with van der Waals surface area (Å²) >= 11 is 0. The van der Waals surface area contributed by atoms with Gasteiger partial charge in [-0.25, -0.2) is 4.98 Å². The molecule has 2 aromatic heterocycles. The molecular formula is C25H22N4O3. The van der Waals surface area contributed by atoms with Gasteiger partial charge in [-0.2, -0.15) is 0 Å². The summed E-state index contributed by atoms with van der Waals surface area (Å²) in [5.41, 5.74) is 2.51. The zero-order chi connectivity index (χ0) is 22.3. The highest BCUT2D eigenvalue weighted by atomic mass is 16.3. The summed E-state index contributed by atoms with van der Waals surface area (Å²) in [6.45, 7) is 3.70. The Labute approximate surface area is 185 Å². The minimum atomic E-state index is -0.388. The van der Waals surface area contributed by atoms with Crippen molar-refractivity contribution < 1.29 is 14.0 Å². The first-order valence-electron chi connectivity index (χ1n) is 10.1. The van der Waals surface area contributed by atoms with E-state index in [9.17, 15) is 9.59 Å². The second kappa shape index (κ2) is 9.61. The van der Waals surface area contributed by atoms with Gasteiger partial charge in [-0.1, -0.05) is 54.6 Å². The number of carbonyl (C=O) groups is 2. The Morgan fingerprint density at radius 2 is 1.75 bits per heavy atom. The van der Waals surface area contributed by atoms with Gasteiger partial charge in [0.1, 0.15) is 6.54 Å². The number of nitrogens with zero attached hydrogens (tertiary/aromatic N) is 3. The zero-order valence-corrected chi connectivity index (χ0v) is 17.3. The van der Waals surface area contributed by atoms with Crippen LogP contribution in [0.4, 0.5) is 5.95 Å². The van der Waals surface area contributed by atoms with E-state index in [1.807, 2.05) is 71.4 Å². The van der Waals surface area contributed by atoms with Crippen molar-refractivity contribution >= 4 is 17.8 Å². The molecule has 0 saturated carbocycles. The Hall–Kier alpha value is -4.39. The maximum atomic E-state index is 12.9. The maximum Gasteiger partial charge on any atom is 0.290 e. The molecule has 0 spiro atoms. The van der Waals surface area contributed by atoms with Crippen molar-refractivity contribution in [1.82, 2.24) is 14.5 Å². The Kier molecular flexibility index (Phi) is 6.27. The van der Waals surface area contributed by atoms with Gasteiger partial charge >= 0.3 is 0 Å². The quantitative estimate of drug-likeness (QED) is 0.424. The summed E-state index contributed by atoms with van der Waals surface area (Å²) < 4.78 is 6.99. The lowest BCUT2D eigenvalue weighted by Gasteiger charge is -2.19. The number of rotatable bonds is 8. The first-order chi connectivity index (χ1) is 15.7. The molecule has 32 heavy (non-hydrogen) atoms. The third-order valence-corrected chi connectivity index (χ3v) is 4.76. The van der Waals surface area contributed by atoms with Gasteiger partial charge in [0.05, 0.1) is 12.0 Å². The second-order valence-electron chi connectivity index (χ2n) is 7.02. The van der Waals surface area contributed by atoms with Crippen molar-refractivity contribution in [3.8, 4) is 16.9 Å². The molecule has 0 atom stereocenters. The molecule has 0 saturated heterocycles. The van der Waals surface area contributed by atoms with E-state index in [-0.39, 0.29) is 30.7 Å². The fourth-order valence-corrected chi connectivity index (χ4v) is 3.27. The van der Waals surface area contributed by atoms with E-state index in [1.54, 1.807) is 18.2 Å². The highest BCUT2D eigenvalue weighted by Gasteiger charge is 2.21. The lowest BCUT2D eigenvalue weighted by Crippen LogP contribution is -2.38. The van der Waals surface area contributed by atoms with Crippen molar-refractivity contribution in [2.24, 2.45) is 0 Å². The highest BCUT2D eigenvalue weighted by Crippen LogP contribution is 2.24. The van der Waals surface area contributed by atoms with Gasteiger partial charge in [-0.15, -0.1) is 6.58 Å². The van der Waals surface area contributed by atoms with Gasteiger partial charge in [0.15, 0.2) is 5.76 Å². The summed E-state index contributed by atoms with van der Waals surface area (Å²) in [4.78, 5) is 31.5. The van der Waals surface area contributed by atoms with Crippen LogP contribution < -0.4 is 5.32 Å². The number of furan rings is 1. The number of carbonyl (C=O) groups excluding carboxylic acids is 2. The average Bonchev–Trinajstić information content (AvgIpc) is 3.50. The third-order valence-electron chi connectivity index (χ3n) is 4.76. The van der Waals surface area contributed by atoms with Gasteiger partial charge in [-0.05, 0) is 24.3 Å². The number of benzene rings is 2. The minimum Gasteiger partial charge on any atom is -0.459 e. The summed E-state index contributed by atoms with van der Waals surface area (Å²) in [5.74, 6) is -0.239. The van der Waals surface area contributed by atoms with Crippen LogP contribution in [0.1, 0.15) is 10.6 Å². The van der Waals surface area contributed by atoms with Crippen LogP contribution in [0, 0.1) is 0 Å². The molecule has 4 rings (SSSR count). The van der Waals surface area contributed by atoms with E-state index in [2.05, 4.69) is 16.9 Å². The maximum absolute atomic E-state index is 12.9. The number of anilines is 1. The molecule has 0 aliphatic rings. The molecule has 2 heterocycles. The molecule has 4 aromatic rings. The molecule has 0 aliphatic heterocycles. The predicted molar refractivity (Wildman–Crippen MR) is 122 cm³/mol. The van der Waals surface area contributed by atoms with Crippen molar-refractivity contribution in [2.45, 2.75) is 0 Å². The lowest BCUT2D eigenvalue weighted by molar-refractivity contribution is -0.116. The number of amides is 2. The van der Waals surface area contributed by atoms with E-state index in [0.29, 0.717) is 5.95 Å². The van der Waals surface area contributed by atoms with Crippen molar-refractivity contribution in [2.75, 3.05) is 18.4 Å². The third kappa shape index (κ3) is 4.67. The van der Waals surface area contributed by atoms with E-state index in [0.717, 1.165) is 16.9 Å². The predicted octanol–water partition coefficient (Wildman–Crippen LogP) is 4.40. The Morgan fingerprint density at radius 1 is 1.03 bits per heavy atom. The monoisotopic (exact) mass is 426 g/mol. The highest BCUT2D eigenvalue weighted by molar-refractivity contribution is 5.97. The van der Waals surface area contributed by atoms with Gasteiger partial charge in [0.25, 0.3) is 5.91 Å². The van der Waals surface area contributed by atoms with E-state index >= 15 is 0 Å². The Balaban J connectivity index is 1.59. The van der Waals surface area contributed by atoms with Gasteiger partial charge in [-0.3, -0.25) is 19.5 Å². The Morgan fingerprint density at radius 3 is 2.41 bits per heavy atom. The smallest absolute Gasteiger partial charge is 0.290 e. The van der Waals surface area contributed by atoms with Crippen LogP contribution in [-0.2, 0) is 4.79 Å². The normalized spacial score (nSPS) is 10.5. The number of aromatic nitrogens is 2. The minimum absolute atomic E-state index is 0.164. The molecule has 7 nitrogen and oxygen atoms in total. The van der Waals surface area contributed by atoms with Crippen molar-refractivity contribution in [3.05, 3.63) is 104 Å². The number of para-hydroxylation sites is 1. The van der Waals surface area contributed by atoms with Gasteiger partial charge in [0.2, 0.25) is 11.9 Å². The number of imidazole rings is 1. The molecule has 2 amide bonds. The molecule has 1 N–H and O–H groups in total. The van der Waals surface area contributed by atoms with Crippen LogP contribution in [0.25, 0.3) is 16.9 Å². The largest absolute Gasteiger partial charge is 0.459 e. The Bertz CT molecular complexity index is 1200. The lowest BCUT2D eigenvalue weighted by atomic mass is 10.2. The number of hydrogen-bond donors (Lipinski definition) is 1. The summed E-state index contributed by atoms with van der Waals surface area (Å²) in [6, 6.07) is 22.5. The van der Waals surface area contributed by atoms with Crippen molar-refractivity contribution in [3.63, 3.8) is 0 Å². The van der Waals surface area contributed by atoms with E-state index in [1.165, 1.54) is 11.2 Å². The van der Waals surface area contributed by atoms with Crippen LogP contribution in [0.3, 0.4) is 0 Å². The van der Waals surface area contributed by atoms with Crippen LogP contribution in [-0.4, -0.2) is 39.4 Å². The summed E-state index contributed by atoms with van der Waals surface area (Å²) in [7, 11) is 0. The molecule has 2 aromatic carbocycles. The second-order valence-corrected chi connectivity index (χ2v) is 7.02. The van der Waals surface area contributed by atoms with Gasteiger partial charge in [0, 0.05) is 24.0 Å². The van der Waals surface area contributed by atoms with Crippen molar-refractivity contribution in [1.29, 1.82) is 0 Å². The standard InChI is InChI=1S/C25H22N4O3/c1-2-15-28(24(31)22-14-9-16-32-22)18-23(30)27-25-26-21(19-10-5-3-6-11-19)17-29(25)20-12-7-4-8-13-20/h2-14,16-17H,1,15,18H2,(H,26,27,30). The molecule has 0 unspecified atom stereocenters. The average molecular weight is 426 g/mol. The van der Waals surface area contributed by atoms with Crippen LogP contribution in [0.15, 0.2) is 102 Å². The molecule has 0 bridgehead atoms. The molecule has 0 fully saturated rings. The fourth-order valence-electron chi connectivity index (χ4n) is 3.27. The molecule has 0 radical (unpaired) electrons. The van der Waals surface area contributed by atoms with Gasteiger partial charge < -0.3 is 9.32 Å². The zero-order valence-electron chi connectivity index (χ0n) is 17.3. The number of hydrogen-bond acceptors (Lipinski definition) is 4. The van der Waals surface area contributed by atoms with Crippen LogP contribution in [0.2, 0.25) is 0 Å². The summed E-state index contributed by atoms with van der Waals surface area (Å²) in [5, 5.41) is 2.84. The topological polar surface area (TPSA) is 80.4 Å². The molecule has 7 heteroatoms. The number of nitrogens with one attached hydrogen (secondary N) is 1. The molecule has 0 aliphatic carbocycles. The van der Waals surface area contributed by atoms with E-state index < -0.39 is 0 Å².